The molecule has 0 unspecified atom stereocenters. The fourth-order valence-electron chi connectivity index (χ4n) is 2.41. The summed E-state index contributed by atoms with van der Waals surface area (Å²) < 4.78 is 39.9. The van der Waals surface area contributed by atoms with Crippen molar-refractivity contribution < 1.29 is 23.1 Å². The van der Waals surface area contributed by atoms with E-state index in [9.17, 15) is 18.0 Å². The number of benzene rings is 1. The Morgan fingerprint density at radius 3 is 2.68 bits per heavy atom. The highest BCUT2D eigenvalue weighted by atomic mass is 19.4. The lowest BCUT2D eigenvalue weighted by Gasteiger charge is -2.07. The molecule has 0 saturated carbocycles. The van der Waals surface area contributed by atoms with Crippen LogP contribution in [0.2, 0.25) is 0 Å². The van der Waals surface area contributed by atoms with Gasteiger partial charge in [0.25, 0.3) is 0 Å². The summed E-state index contributed by atoms with van der Waals surface area (Å²) in [5, 5.41) is 9.37. The number of rotatable bonds is 2. The van der Waals surface area contributed by atoms with Crippen LogP contribution in [0.3, 0.4) is 0 Å². The number of nitrogen functional groups attached to an aromatic ring is 1. The number of hydrogen-bond acceptors (Lipinski definition) is 4. The lowest BCUT2D eigenvalue weighted by atomic mass is 10.1. The van der Waals surface area contributed by atoms with Crippen LogP contribution in [0, 0.1) is 0 Å². The van der Waals surface area contributed by atoms with Gasteiger partial charge in [-0.1, -0.05) is 0 Å². The second-order valence-corrected chi connectivity index (χ2v) is 4.67. The average molecular weight is 310 g/mol. The van der Waals surface area contributed by atoms with Crippen LogP contribution in [0.5, 0.6) is 0 Å². The number of halogens is 3. The lowest BCUT2D eigenvalue weighted by molar-refractivity contribution is -0.138. The molecule has 0 atom stereocenters. The van der Waals surface area contributed by atoms with Gasteiger partial charge in [-0.2, -0.15) is 13.2 Å². The second-order valence-electron chi connectivity index (χ2n) is 4.67. The van der Waals surface area contributed by atoms with Crippen LogP contribution < -0.4 is 5.73 Å². The molecule has 0 fully saturated rings. The van der Waals surface area contributed by atoms with Gasteiger partial charge in [0.15, 0.2) is 0 Å². The van der Waals surface area contributed by atoms with Crippen LogP contribution in [-0.2, 0) is 17.5 Å². The van der Waals surface area contributed by atoms with Gasteiger partial charge < -0.3 is 15.4 Å². The molecule has 2 heterocycles. The van der Waals surface area contributed by atoms with E-state index in [-0.39, 0.29) is 22.2 Å². The molecular formula is C13H9F3N4O2. The first-order valence-electron chi connectivity index (χ1n) is 6.10. The van der Waals surface area contributed by atoms with Crippen molar-refractivity contribution in [1.82, 2.24) is 14.5 Å². The molecule has 0 spiro atoms. The van der Waals surface area contributed by atoms with Gasteiger partial charge >= 0.3 is 12.1 Å². The van der Waals surface area contributed by atoms with E-state index in [1.807, 2.05) is 0 Å². The summed E-state index contributed by atoms with van der Waals surface area (Å²) >= 11 is 0. The Balaban J connectivity index is 2.43. The van der Waals surface area contributed by atoms with E-state index in [1.54, 1.807) is 0 Å². The molecule has 0 saturated heterocycles. The SMILES string of the molecule is Nc1ncnc2c1c1cc(C(F)(F)F)ccc1n2CC(=O)O. The number of alkyl halides is 3. The Kier molecular flexibility index (Phi) is 2.94. The number of nitrogens with zero attached hydrogens (tertiary/aromatic N) is 3. The maximum Gasteiger partial charge on any atom is 0.416 e. The van der Waals surface area contributed by atoms with Crippen LogP contribution >= 0.6 is 0 Å². The van der Waals surface area contributed by atoms with Crippen LogP contribution in [0.15, 0.2) is 24.5 Å². The minimum atomic E-state index is -4.51. The summed E-state index contributed by atoms with van der Waals surface area (Å²) in [6.45, 7) is -0.443. The van der Waals surface area contributed by atoms with Gasteiger partial charge in [0, 0.05) is 5.39 Å². The van der Waals surface area contributed by atoms with E-state index in [4.69, 9.17) is 10.8 Å². The summed E-state index contributed by atoms with van der Waals surface area (Å²) in [6, 6.07) is 3.03. The first-order chi connectivity index (χ1) is 10.3. The van der Waals surface area contributed by atoms with E-state index < -0.39 is 24.3 Å². The van der Waals surface area contributed by atoms with Gasteiger partial charge in [-0.25, -0.2) is 9.97 Å². The van der Waals surface area contributed by atoms with Crippen LogP contribution in [-0.4, -0.2) is 25.6 Å². The van der Waals surface area contributed by atoms with E-state index in [1.165, 1.54) is 10.6 Å². The number of fused-ring (bicyclic) bond motifs is 3. The first-order valence-corrected chi connectivity index (χ1v) is 6.10. The predicted octanol–water partition coefficient (Wildman–Crippen LogP) is 2.27. The fourth-order valence-corrected chi connectivity index (χ4v) is 2.41. The van der Waals surface area contributed by atoms with Crippen molar-refractivity contribution in [3.05, 3.63) is 30.1 Å². The molecule has 1 aromatic carbocycles. The zero-order chi connectivity index (χ0) is 16.1. The van der Waals surface area contributed by atoms with Crippen LogP contribution in [0.1, 0.15) is 5.56 Å². The molecular weight excluding hydrogens is 301 g/mol. The number of hydrogen-bond donors (Lipinski definition) is 2. The number of carboxylic acids is 1. The van der Waals surface area contributed by atoms with Crippen molar-refractivity contribution in [2.75, 3.05) is 5.73 Å². The topological polar surface area (TPSA) is 94.0 Å². The molecule has 9 heteroatoms. The van der Waals surface area contributed by atoms with Gasteiger partial charge in [0.1, 0.15) is 24.3 Å². The quantitative estimate of drug-likeness (QED) is 0.757. The Morgan fingerprint density at radius 2 is 2.05 bits per heavy atom. The summed E-state index contributed by atoms with van der Waals surface area (Å²) in [5.41, 5.74) is 5.37. The number of aliphatic carboxylic acids is 1. The molecule has 3 rings (SSSR count). The number of anilines is 1. The van der Waals surface area contributed by atoms with Crippen molar-refractivity contribution in [3.63, 3.8) is 0 Å². The Morgan fingerprint density at radius 1 is 1.32 bits per heavy atom. The van der Waals surface area contributed by atoms with Gasteiger partial charge in [0.05, 0.1) is 16.5 Å². The standard InChI is InChI=1S/C13H9F3N4O2/c14-13(15,16)6-1-2-8-7(3-6)10-11(17)18-5-19-12(10)20(8)4-9(21)22/h1-3,5H,4H2,(H,21,22)(H2,17,18,19). The third kappa shape index (κ3) is 2.10. The molecule has 22 heavy (non-hydrogen) atoms. The van der Waals surface area contributed by atoms with E-state index >= 15 is 0 Å². The molecule has 0 aliphatic carbocycles. The van der Waals surface area contributed by atoms with E-state index in [0.717, 1.165) is 18.5 Å². The van der Waals surface area contributed by atoms with Crippen molar-refractivity contribution in [3.8, 4) is 0 Å². The van der Waals surface area contributed by atoms with Crippen LogP contribution in [0.25, 0.3) is 21.9 Å². The van der Waals surface area contributed by atoms with Gasteiger partial charge in [-0.15, -0.1) is 0 Å². The molecule has 0 amide bonds. The van der Waals surface area contributed by atoms with E-state index in [0.29, 0.717) is 5.52 Å². The zero-order valence-electron chi connectivity index (χ0n) is 10.9. The van der Waals surface area contributed by atoms with Crippen molar-refractivity contribution in [2.24, 2.45) is 0 Å². The Labute approximate surface area is 121 Å². The first kappa shape index (κ1) is 14.1. The highest BCUT2D eigenvalue weighted by Gasteiger charge is 2.31. The highest BCUT2D eigenvalue weighted by molar-refractivity contribution is 6.11. The smallest absolute Gasteiger partial charge is 0.416 e. The minimum Gasteiger partial charge on any atom is -0.480 e. The summed E-state index contributed by atoms with van der Waals surface area (Å²) in [6.07, 6.45) is -3.38. The highest BCUT2D eigenvalue weighted by Crippen LogP contribution is 2.36. The van der Waals surface area contributed by atoms with Crippen molar-refractivity contribution >= 4 is 33.7 Å². The molecule has 2 aromatic heterocycles. The second kappa shape index (κ2) is 4.58. The van der Waals surface area contributed by atoms with Crippen molar-refractivity contribution in [2.45, 2.75) is 12.7 Å². The molecule has 3 N–H and O–H groups in total. The van der Waals surface area contributed by atoms with Gasteiger partial charge in [-0.3, -0.25) is 4.79 Å². The Bertz CT molecular complexity index is 902. The number of carboxylic acid groups (broad SMARTS) is 1. The lowest BCUT2D eigenvalue weighted by Crippen LogP contribution is -2.09. The summed E-state index contributed by atoms with van der Waals surface area (Å²) in [5.74, 6) is -1.14. The Hall–Kier alpha value is -2.84. The molecule has 0 aliphatic rings. The monoisotopic (exact) mass is 310 g/mol. The molecule has 3 aromatic rings. The van der Waals surface area contributed by atoms with Gasteiger partial charge in [0.2, 0.25) is 0 Å². The molecule has 6 nitrogen and oxygen atoms in total. The zero-order valence-corrected chi connectivity index (χ0v) is 10.9. The maximum atomic E-state index is 12.9. The fraction of sp³-hybridized carbons (Fsp3) is 0.154. The maximum absolute atomic E-state index is 12.9. The third-order valence-corrected chi connectivity index (χ3v) is 3.29. The molecule has 114 valence electrons. The van der Waals surface area contributed by atoms with Gasteiger partial charge in [-0.05, 0) is 18.2 Å². The van der Waals surface area contributed by atoms with Crippen LogP contribution in [0.4, 0.5) is 19.0 Å². The summed E-state index contributed by atoms with van der Waals surface area (Å²) in [4.78, 5) is 18.7. The average Bonchev–Trinajstić information content (AvgIpc) is 2.72. The molecule has 0 bridgehead atoms. The molecule has 0 radical (unpaired) electrons. The third-order valence-electron chi connectivity index (χ3n) is 3.29. The molecule has 0 aliphatic heterocycles. The predicted molar refractivity (Wildman–Crippen MR) is 72.1 cm³/mol. The van der Waals surface area contributed by atoms with Crippen molar-refractivity contribution in [1.29, 1.82) is 0 Å². The number of aromatic nitrogens is 3. The number of nitrogens with two attached hydrogens (primary N) is 1. The van der Waals surface area contributed by atoms with E-state index in [2.05, 4.69) is 9.97 Å². The largest absolute Gasteiger partial charge is 0.480 e. The number of carbonyl (C=O) groups is 1. The minimum absolute atomic E-state index is 0.00142. The summed E-state index contributed by atoms with van der Waals surface area (Å²) in [7, 11) is 0. The normalized spacial score (nSPS) is 12.1.